The fourth-order valence-corrected chi connectivity index (χ4v) is 10.0. The van der Waals surface area contributed by atoms with E-state index in [0.717, 1.165) is 61.1 Å². The van der Waals surface area contributed by atoms with Gasteiger partial charge in [-0.25, -0.2) is 9.97 Å². The summed E-state index contributed by atoms with van der Waals surface area (Å²) in [6.07, 6.45) is 3.71. The molecule has 0 radical (unpaired) electrons. The Bertz CT molecular complexity index is 3450. The van der Waals surface area contributed by atoms with Gasteiger partial charge >= 0.3 is 0 Å². The van der Waals surface area contributed by atoms with E-state index in [9.17, 15) is 0 Å². The van der Waals surface area contributed by atoms with Gasteiger partial charge in [0.1, 0.15) is 0 Å². The van der Waals surface area contributed by atoms with E-state index in [-0.39, 0.29) is 0 Å². The van der Waals surface area contributed by atoms with E-state index in [1.54, 1.807) is 6.20 Å². The van der Waals surface area contributed by atoms with Gasteiger partial charge in [0.05, 0.1) is 16.8 Å². The van der Waals surface area contributed by atoms with Gasteiger partial charge in [-0.1, -0.05) is 194 Å². The summed E-state index contributed by atoms with van der Waals surface area (Å²) in [6, 6.07) is 81.0. The lowest BCUT2D eigenvalue weighted by atomic mass is 9.67. The third-order valence-electron chi connectivity index (χ3n) is 12.9. The Kier molecular flexibility index (Phi) is 8.72. The third-order valence-corrected chi connectivity index (χ3v) is 12.9. The monoisotopic (exact) mass is 801 g/mol. The fraction of sp³-hybridized carbons (Fsp3) is 0.0167. The van der Waals surface area contributed by atoms with E-state index in [4.69, 9.17) is 9.97 Å². The molecule has 12 rings (SSSR count). The van der Waals surface area contributed by atoms with Crippen LogP contribution in [-0.4, -0.2) is 15.0 Å². The second-order valence-electron chi connectivity index (χ2n) is 16.3. The Hall–Kier alpha value is -8.27. The molecule has 11 aromatic rings. The van der Waals surface area contributed by atoms with Crippen LogP contribution in [-0.2, 0) is 5.41 Å². The van der Waals surface area contributed by atoms with Gasteiger partial charge in [0.15, 0.2) is 5.82 Å². The maximum atomic E-state index is 5.34. The first-order valence-electron chi connectivity index (χ1n) is 21.5. The van der Waals surface area contributed by atoms with Crippen molar-refractivity contribution in [2.24, 2.45) is 0 Å². The Morgan fingerprint density at radius 3 is 1.65 bits per heavy atom. The molecule has 0 saturated carbocycles. The predicted octanol–water partition coefficient (Wildman–Crippen LogP) is 14.9. The van der Waals surface area contributed by atoms with Crippen molar-refractivity contribution in [2.45, 2.75) is 5.41 Å². The van der Waals surface area contributed by atoms with Crippen LogP contribution in [0, 0.1) is 0 Å². The fourth-order valence-electron chi connectivity index (χ4n) is 10.0. The van der Waals surface area contributed by atoms with Crippen LogP contribution in [0.4, 0.5) is 0 Å². The summed E-state index contributed by atoms with van der Waals surface area (Å²) in [6.45, 7) is 0. The van der Waals surface area contributed by atoms with Crippen LogP contribution in [0.25, 0.3) is 88.8 Å². The normalized spacial score (nSPS) is 12.6. The Labute approximate surface area is 366 Å². The highest BCUT2D eigenvalue weighted by molar-refractivity contribution is 6.07. The number of aromatic nitrogens is 3. The largest absolute Gasteiger partial charge is 0.264 e. The zero-order chi connectivity index (χ0) is 41.7. The van der Waals surface area contributed by atoms with E-state index in [1.165, 1.54) is 44.2 Å². The first-order valence-corrected chi connectivity index (χ1v) is 21.5. The molecule has 2 heterocycles. The molecule has 0 fully saturated rings. The zero-order valence-electron chi connectivity index (χ0n) is 34.4. The second-order valence-corrected chi connectivity index (χ2v) is 16.3. The minimum absolute atomic E-state index is 0.528. The van der Waals surface area contributed by atoms with Crippen molar-refractivity contribution in [2.75, 3.05) is 0 Å². The highest BCUT2D eigenvalue weighted by Gasteiger charge is 2.46. The molecule has 3 heteroatoms. The van der Waals surface area contributed by atoms with Gasteiger partial charge < -0.3 is 0 Å². The van der Waals surface area contributed by atoms with Gasteiger partial charge in [-0.15, -0.1) is 0 Å². The smallest absolute Gasteiger partial charge is 0.161 e. The van der Waals surface area contributed by atoms with Crippen LogP contribution in [0.1, 0.15) is 22.3 Å². The summed E-state index contributed by atoms with van der Waals surface area (Å²) in [4.78, 5) is 15.0. The average molecular weight is 802 g/mol. The first kappa shape index (κ1) is 36.6. The van der Waals surface area contributed by atoms with Crippen molar-refractivity contribution in [3.8, 4) is 67.3 Å². The standard InChI is InChI=1S/C60H39N3/c1-4-17-41(18-5-1)56-38-57(44-20-14-19-42(36-44)45-21-15-35-61-39-45)63-59(62-56)52-33-32-48(50-27-12-13-28-51(50)52)43-29-31-53-55(37-43)60(46-22-6-2-7-23-46,47-24-8-3-9-25-47)54-34-30-40-16-10-11-26-49(40)58(53)54/h1-39H. The molecule has 0 saturated heterocycles. The molecule has 0 bridgehead atoms. The number of rotatable bonds is 7. The quantitative estimate of drug-likeness (QED) is 0.161. The average Bonchev–Trinajstić information content (AvgIpc) is 3.68. The molecule has 1 aliphatic carbocycles. The van der Waals surface area contributed by atoms with E-state index >= 15 is 0 Å². The van der Waals surface area contributed by atoms with Crippen molar-refractivity contribution in [3.05, 3.63) is 259 Å². The molecule has 0 spiro atoms. The topological polar surface area (TPSA) is 38.7 Å². The van der Waals surface area contributed by atoms with Crippen LogP contribution in [0.2, 0.25) is 0 Å². The minimum Gasteiger partial charge on any atom is -0.264 e. The predicted molar refractivity (Wildman–Crippen MR) is 259 cm³/mol. The molecule has 1 aliphatic rings. The lowest BCUT2D eigenvalue weighted by Gasteiger charge is -2.34. The first-order chi connectivity index (χ1) is 31.2. The highest BCUT2D eigenvalue weighted by atomic mass is 14.9. The third kappa shape index (κ3) is 6.01. The van der Waals surface area contributed by atoms with Crippen molar-refractivity contribution >= 4 is 21.5 Å². The molecule has 0 amide bonds. The maximum Gasteiger partial charge on any atom is 0.161 e. The van der Waals surface area contributed by atoms with Crippen molar-refractivity contribution in [1.82, 2.24) is 15.0 Å². The van der Waals surface area contributed by atoms with E-state index in [1.807, 2.05) is 18.3 Å². The van der Waals surface area contributed by atoms with Gasteiger partial charge in [0.25, 0.3) is 0 Å². The molecule has 0 N–H and O–H groups in total. The van der Waals surface area contributed by atoms with Crippen LogP contribution in [0.3, 0.4) is 0 Å². The summed E-state index contributed by atoms with van der Waals surface area (Å²) in [5.74, 6) is 0.685. The van der Waals surface area contributed by atoms with E-state index < -0.39 is 5.41 Å². The molecule has 63 heavy (non-hydrogen) atoms. The number of fused-ring (bicyclic) bond motifs is 6. The van der Waals surface area contributed by atoms with Crippen LogP contribution in [0.15, 0.2) is 237 Å². The van der Waals surface area contributed by atoms with E-state index in [2.05, 4.69) is 217 Å². The molecule has 0 atom stereocenters. The molecule has 3 nitrogen and oxygen atoms in total. The lowest BCUT2D eigenvalue weighted by Crippen LogP contribution is -2.28. The molecular formula is C60H39N3. The second kappa shape index (κ2) is 15.0. The molecule has 0 aliphatic heterocycles. The Balaban J connectivity index is 1.06. The molecule has 9 aromatic carbocycles. The number of benzene rings is 9. The summed E-state index contributed by atoms with van der Waals surface area (Å²) in [7, 11) is 0. The summed E-state index contributed by atoms with van der Waals surface area (Å²) in [5.41, 5.74) is 16.4. The molecule has 0 unspecified atom stereocenters. The van der Waals surface area contributed by atoms with Gasteiger partial charge in [0.2, 0.25) is 0 Å². The summed E-state index contributed by atoms with van der Waals surface area (Å²) < 4.78 is 0. The van der Waals surface area contributed by atoms with E-state index in [0.29, 0.717) is 5.82 Å². The minimum atomic E-state index is -0.528. The molecular weight excluding hydrogens is 763 g/mol. The number of hydrogen-bond acceptors (Lipinski definition) is 3. The van der Waals surface area contributed by atoms with Crippen LogP contribution >= 0.6 is 0 Å². The van der Waals surface area contributed by atoms with Crippen molar-refractivity contribution < 1.29 is 0 Å². The number of nitrogens with zero attached hydrogens (tertiary/aromatic N) is 3. The van der Waals surface area contributed by atoms with Crippen molar-refractivity contribution in [3.63, 3.8) is 0 Å². The van der Waals surface area contributed by atoms with Gasteiger partial charge in [-0.2, -0.15) is 0 Å². The lowest BCUT2D eigenvalue weighted by molar-refractivity contribution is 0.769. The van der Waals surface area contributed by atoms with Gasteiger partial charge in [-0.05, 0) is 102 Å². The number of hydrogen-bond donors (Lipinski definition) is 0. The molecule has 2 aromatic heterocycles. The van der Waals surface area contributed by atoms with Crippen LogP contribution < -0.4 is 0 Å². The SMILES string of the molecule is c1ccc(-c2cc(-c3cccc(-c4cccnc4)c3)nc(-c3ccc(-c4ccc5c(c4)C(c4ccccc4)(c4ccccc4)c4ccc6ccccc6c4-5)c4ccccc34)n2)cc1. The maximum absolute atomic E-state index is 5.34. The Morgan fingerprint density at radius 2 is 0.921 bits per heavy atom. The Morgan fingerprint density at radius 1 is 0.333 bits per heavy atom. The van der Waals surface area contributed by atoms with Crippen molar-refractivity contribution in [1.29, 1.82) is 0 Å². The van der Waals surface area contributed by atoms with Gasteiger partial charge in [0, 0.05) is 34.6 Å². The zero-order valence-corrected chi connectivity index (χ0v) is 34.4. The number of pyridine rings is 1. The summed E-state index contributed by atoms with van der Waals surface area (Å²) in [5, 5.41) is 4.76. The molecule has 294 valence electrons. The summed E-state index contributed by atoms with van der Waals surface area (Å²) >= 11 is 0. The van der Waals surface area contributed by atoms with Gasteiger partial charge in [-0.3, -0.25) is 4.98 Å². The highest BCUT2D eigenvalue weighted by Crippen LogP contribution is 2.58. The van der Waals surface area contributed by atoms with Crippen LogP contribution in [0.5, 0.6) is 0 Å².